The summed E-state index contributed by atoms with van der Waals surface area (Å²) in [6.07, 6.45) is 15.5. The molecule has 6 heteroatoms. The van der Waals surface area contributed by atoms with Crippen LogP contribution in [-0.4, -0.2) is 23.7 Å². The second-order valence-electron chi connectivity index (χ2n) is 11.3. The van der Waals surface area contributed by atoms with Crippen molar-refractivity contribution < 1.29 is 14.3 Å². The normalized spacial score (nSPS) is 11.1. The van der Waals surface area contributed by atoms with E-state index in [1.54, 1.807) is 12.1 Å². The average molecular weight is 577 g/mol. The van der Waals surface area contributed by atoms with Gasteiger partial charge in [0.15, 0.2) is 5.75 Å². The predicted octanol–water partition coefficient (Wildman–Crippen LogP) is 9.53. The van der Waals surface area contributed by atoms with Crippen molar-refractivity contribution in [1.29, 1.82) is 0 Å². The molecule has 3 rings (SSSR count). The lowest BCUT2D eigenvalue weighted by molar-refractivity contribution is 0.102. The Morgan fingerprint density at radius 1 is 0.690 bits per heavy atom. The zero-order valence-electron chi connectivity index (χ0n) is 26.2. The fourth-order valence-electron chi connectivity index (χ4n) is 5.22. The van der Waals surface area contributed by atoms with Gasteiger partial charge < -0.3 is 19.4 Å². The van der Waals surface area contributed by atoms with Gasteiger partial charge in [-0.1, -0.05) is 110 Å². The molecule has 0 aliphatic carbocycles. The van der Waals surface area contributed by atoms with Crippen LogP contribution in [-0.2, 0) is 6.54 Å². The third-order valence-electron chi connectivity index (χ3n) is 7.70. The monoisotopic (exact) mass is 576 g/mol. The number of anilines is 1. The van der Waals surface area contributed by atoms with Crippen molar-refractivity contribution in [2.75, 3.05) is 18.5 Å². The van der Waals surface area contributed by atoms with Crippen LogP contribution in [0.25, 0.3) is 10.9 Å². The van der Waals surface area contributed by atoms with Crippen LogP contribution in [0.15, 0.2) is 53.3 Å². The molecule has 0 fully saturated rings. The van der Waals surface area contributed by atoms with Crippen LogP contribution in [0.3, 0.4) is 0 Å². The first kappa shape index (κ1) is 33.2. The third-order valence-corrected chi connectivity index (χ3v) is 7.70. The molecule has 1 amide bonds. The molecular weight excluding hydrogens is 524 g/mol. The van der Waals surface area contributed by atoms with E-state index in [9.17, 15) is 9.59 Å². The molecule has 0 saturated carbocycles. The first-order valence-corrected chi connectivity index (χ1v) is 16.4. The van der Waals surface area contributed by atoms with E-state index in [4.69, 9.17) is 9.47 Å². The minimum atomic E-state index is -0.182. The molecule has 0 unspecified atom stereocenters. The minimum absolute atomic E-state index is 0.153. The Labute approximate surface area is 252 Å². The quantitative estimate of drug-likeness (QED) is 0.128. The van der Waals surface area contributed by atoms with Gasteiger partial charge in [0.1, 0.15) is 0 Å². The summed E-state index contributed by atoms with van der Waals surface area (Å²) in [6.45, 7) is 8.23. The first-order valence-electron chi connectivity index (χ1n) is 16.4. The standard InChI is InChI=1S/C36H52N2O4/c1-4-7-10-13-14-20-27-42-34-33(41-26-19-12-9-6-3)31-24-23-30(37-35(39)29-21-16-15-17-22-29)28-32(31)38(36(34)40)25-18-11-8-5-2/h15-17,21-24,28H,4-14,18-20,25-27H2,1-3H3,(H,37,39). The first-order chi connectivity index (χ1) is 20.6. The Morgan fingerprint density at radius 3 is 1.93 bits per heavy atom. The van der Waals surface area contributed by atoms with Crippen LogP contribution in [0.2, 0.25) is 0 Å². The number of hydrogen-bond acceptors (Lipinski definition) is 4. The topological polar surface area (TPSA) is 69.6 Å². The summed E-state index contributed by atoms with van der Waals surface area (Å²) in [5, 5.41) is 3.85. The highest BCUT2D eigenvalue weighted by atomic mass is 16.5. The van der Waals surface area contributed by atoms with Gasteiger partial charge in [0.2, 0.25) is 5.75 Å². The number of pyridine rings is 1. The van der Waals surface area contributed by atoms with Gasteiger partial charge in [0, 0.05) is 23.2 Å². The Balaban J connectivity index is 1.95. The van der Waals surface area contributed by atoms with E-state index in [0.717, 1.165) is 75.1 Å². The number of aryl methyl sites for hydroxylation is 1. The van der Waals surface area contributed by atoms with E-state index in [1.807, 2.05) is 41.0 Å². The SMILES string of the molecule is CCCCCCCCOc1c(OCCCCCC)c2ccc(NC(=O)c3ccccc3)cc2n(CCCCCC)c1=O. The highest BCUT2D eigenvalue weighted by Crippen LogP contribution is 2.35. The molecule has 0 spiro atoms. The summed E-state index contributed by atoms with van der Waals surface area (Å²) in [5.41, 5.74) is 1.84. The van der Waals surface area contributed by atoms with Gasteiger partial charge in [0.25, 0.3) is 11.5 Å². The molecule has 1 aromatic heterocycles. The maximum atomic E-state index is 14.0. The lowest BCUT2D eigenvalue weighted by Crippen LogP contribution is -2.24. The number of carbonyl (C=O) groups is 1. The Morgan fingerprint density at radius 2 is 1.26 bits per heavy atom. The minimum Gasteiger partial charge on any atom is -0.489 e. The van der Waals surface area contributed by atoms with Gasteiger partial charge >= 0.3 is 0 Å². The number of nitrogens with zero attached hydrogens (tertiary/aromatic N) is 1. The smallest absolute Gasteiger partial charge is 0.297 e. The van der Waals surface area contributed by atoms with Crippen molar-refractivity contribution in [1.82, 2.24) is 4.57 Å². The molecule has 1 N–H and O–H groups in total. The van der Waals surface area contributed by atoms with Gasteiger partial charge in [-0.25, -0.2) is 0 Å². The Kier molecular flexibility index (Phi) is 15.0. The number of amides is 1. The molecular formula is C36H52N2O4. The number of unbranched alkanes of at least 4 members (excludes halogenated alkanes) is 11. The van der Waals surface area contributed by atoms with Crippen LogP contribution < -0.4 is 20.3 Å². The number of benzene rings is 2. The summed E-state index contributed by atoms with van der Waals surface area (Å²) < 4.78 is 14.4. The molecule has 0 bridgehead atoms. The number of rotatable bonds is 21. The van der Waals surface area contributed by atoms with Crippen LogP contribution in [0.5, 0.6) is 11.5 Å². The molecule has 1 heterocycles. The van der Waals surface area contributed by atoms with Gasteiger partial charge in [-0.2, -0.15) is 0 Å². The maximum absolute atomic E-state index is 14.0. The summed E-state index contributed by atoms with van der Waals surface area (Å²) in [6, 6.07) is 14.9. The van der Waals surface area contributed by atoms with Gasteiger partial charge in [-0.3, -0.25) is 9.59 Å². The van der Waals surface area contributed by atoms with E-state index in [2.05, 4.69) is 26.1 Å². The van der Waals surface area contributed by atoms with E-state index in [0.29, 0.717) is 42.5 Å². The van der Waals surface area contributed by atoms with E-state index in [-0.39, 0.29) is 11.5 Å². The zero-order valence-corrected chi connectivity index (χ0v) is 26.2. The van der Waals surface area contributed by atoms with E-state index >= 15 is 0 Å². The highest BCUT2D eigenvalue weighted by Gasteiger charge is 2.21. The second-order valence-corrected chi connectivity index (χ2v) is 11.3. The van der Waals surface area contributed by atoms with Crippen molar-refractivity contribution in [2.45, 2.75) is 117 Å². The molecule has 2 aromatic carbocycles. The highest BCUT2D eigenvalue weighted by molar-refractivity contribution is 6.05. The van der Waals surface area contributed by atoms with E-state index < -0.39 is 0 Å². The van der Waals surface area contributed by atoms with Gasteiger partial charge in [0.05, 0.1) is 18.7 Å². The van der Waals surface area contributed by atoms with Crippen LogP contribution in [0.4, 0.5) is 5.69 Å². The largest absolute Gasteiger partial charge is 0.489 e. The fraction of sp³-hybridized carbons (Fsp3) is 0.556. The molecule has 0 saturated heterocycles. The van der Waals surface area contributed by atoms with Crippen molar-refractivity contribution in [3.63, 3.8) is 0 Å². The molecule has 0 aliphatic heterocycles. The molecule has 6 nitrogen and oxygen atoms in total. The number of hydrogen-bond donors (Lipinski definition) is 1. The summed E-state index contributed by atoms with van der Waals surface area (Å²) in [7, 11) is 0. The average Bonchev–Trinajstić information content (AvgIpc) is 3.01. The number of aromatic nitrogens is 1. The Hall–Kier alpha value is -3.28. The molecule has 0 radical (unpaired) electrons. The lowest BCUT2D eigenvalue weighted by atomic mass is 10.1. The summed E-state index contributed by atoms with van der Waals surface area (Å²) in [4.78, 5) is 26.9. The summed E-state index contributed by atoms with van der Waals surface area (Å²) in [5.74, 6) is 0.671. The van der Waals surface area contributed by atoms with Crippen molar-refractivity contribution >= 4 is 22.5 Å². The van der Waals surface area contributed by atoms with Crippen LogP contribution in [0, 0.1) is 0 Å². The van der Waals surface area contributed by atoms with Gasteiger partial charge in [-0.15, -0.1) is 0 Å². The molecule has 0 aliphatic rings. The molecule has 3 aromatic rings. The van der Waals surface area contributed by atoms with E-state index in [1.165, 1.54) is 25.7 Å². The third kappa shape index (κ3) is 10.2. The van der Waals surface area contributed by atoms with Crippen LogP contribution in [0.1, 0.15) is 121 Å². The number of nitrogens with one attached hydrogen (secondary N) is 1. The van der Waals surface area contributed by atoms with Crippen LogP contribution >= 0.6 is 0 Å². The van der Waals surface area contributed by atoms with Crippen molar-refractivity contribution in [3.8, 4) is 11.5 Å². The van der Waals surface area contributed by atoms with Gasteiger partial charge in [-0.05, 0) is 49.6 Å². The maximum Gasteiger partial charge on any atom is 0.297 e. The Bertz CT molecular complexity index is 1270. The number of fused-ring (bicyclic) bond motifs is 1. The van der Waals surface area contributed by atoms with Crippen molar-refractivity contribution in [2.24, 2.45) is 0 Å². The van der Waals surface area contributed by atoms with Crippen molar-refractivity contribution in [3.05, 3.63) is 64.4 Å². The zero-order chi connectivity index (χ0) is 30.0. The molecule has 0 atom stereocenters. The fourth-order valence-corrected chi connectivity index (χ4v) is 5.22. The lowest BCUT2D eigenvalue weighted by Gasteiger charge is -2.20. The second kappa shape index (κ2) is 19.0. The number of ether oxygens (including phenoxy) is 2. The predicted molar refractivity (Wildman–Crippen MR) is 175 cm³/mol. The molecule has 230 valence electrons. The summed E-state index contributed by atoms with van der Waals surface area (Å²) >= 11 is 0. The molecule has 42 heavy (non-hydrogen) atoms. The number of carbonyl (C=O) groups excluding carboxylic acids is 1.